The van der Waals surface area contributed by atoms with Gasteiger partial charge in [-0.25, -0.2) is 0 Å². The topological polar surface area (TPSA) is 65.3 Å². The second kappa shape index (κ2) is 4.97. The van der Waals surface area contributed by atoms with E-state index in [1.807, 2.05) is 0 Å². The zero-order chi connectivity index (χ0) is 13.1. The second-order valence-electron chi connectivity index (χ2n) is 3.25. The Morgan fingerprint density at radius 3 is 2.67 bits per heavy atom. The highest BCUT2D eigenvalue weighted by atomic mass is 35.5. The molecule has 0 amide bonds. The molecule has 1 aromatic heterocycles. The van der Waals surface area contributed by atoms with Crippen molar-refractivity contribution in [2.75, 3.05) is 0 Å². The Labute approximate surface area is 106 Å². The molecule has 1 aromatic carbocycles. The minimum Gasteiger partial charge on any atom is -0.430 e. The Kier molecular flexibility index (Phi) is 3.38. The normalized spacial score (nSPS) is 10.1. The van der Waals surface area contributed by atoms with Gasteiger partial charge in [0.15, 0.2) is 0 Å². The fourth-order valence-corrected chi connectivity index (χ4v) is 1.50. The van der Waals surface area contributed by atoms with Gasteiger partial charge in [0.1, 0.15) is 0 Å². The number of benzene rings is 1. The number of para-hydroxylation sites is 1. The molecule has 0 fully saturated rings. The number of nitro benzene ring substituents is 1. The van der Waals surface area contributed by atoms with Gasteiger partial charge in [-0.2, -0.15) is 9.37 Å². The lowest BCUT2D eigenvalue weighted by Gasteiger charge is -2.06. The molecule has 0 aliphatic rings. The van der Waals surface area contributed by atoms with Gasteiger partial charge in [0.05, 0.1) is 9.95 Å². The molecule has 0 aliphatic heterocycles. The molecule has 0 saturated heterocycles. The number of hydrogen-bond acceptors (Lipinski definition) is 4. The first kappa shape index (κ1) is 12.3. The summed E-state index contributed by atoms with van der Waals surface area (Å²) in [5.74, 6) is -1.02. The zero-order valence-electron chi connectivity index (χ0n) is 8.84. The largest absolute Gasteiger partial charge is 0.430 e. The molecule has 0 atom stereocenters. The van der Waals surface area contributed by atoms with Crippen molar-refractivity contribution in [3.63, 3.8) is 0 Å². The lowest BCUT2D eigenvalue weighted by molar-refractivity contribution is -0.385. The highest BCUT2D eigenvalue weighted by Gasteiger charge is 2.19. The van der Waals surface area contributed by atoms with Gasteiger partial charge in [-0.05, 0) is 12.1 Å². The van der Waals surface area contributed by atoms with E-state index in [-0.39, 0.29) is 22.3 Å². The maximum Gasteiger partial charge on any atom is 0.313 e. The molecule has 0 aliphatic carbocycles. The molecule has 0 bridgehead atoms. The summed E-state index contributed by atoms with van der Waals surface area (Å²) in [5.41, 5.74) is -0.312. The standard InChI is InChI=1S/C11H6ClFN2O3/c12-7-3-1-4-8(15(16)17)11(7)18-10-6-2-5-9(13)14-10/h1-6H. The van der Waals surface area contributed by atoms with Crippen LogP contribution < -0.4 is 4.74 Å². The molecule has 2 aromatic rings. The van der Waals surface area contributed by atoms with E-state index >= 15 is 0 Å². The van der Waals surface area contributed by atoms with Gasteiger partial charge in [0, 0.05) is 12.1 Å². The smallest absolute Gasteiger partial charge is 0.313 e. The molecule has 0 spiro atoms. The molecule has 0 N–H and O–H groups in total. The molecule has 5 nitrogen and oxygen atoms in total. The summed E-state index contributed by atoms with van der Waals surface area (Å²) in [6.45, 7) is 0. The van der Waals surface area contributed by atoms with Crippen LogP contribution in [0.2, 0.25) is 5.02 Å². The number of ether oxygens (including phenoxy) is 1. The lowest BCUT2D eigenvalue weighted by Crippen LogP contribution is -1.96. The highest BCUT2D eigenvalue weighted by Crippen LogP contribution is 2.37. The van der Waals surface area contributed by atoms with Gasteiger partial charge < -0.3 is 4.74 Å². The molecule has 0 radical (unpaired) electrons. The van der Waals surface area contributed by atoms with Crippen LogP contribution in [0.1, 0.15) is 0 Å². The monoisotopic (exact) mass is 268 g/mol. The van der Waals surface area contributed by atoms with Crippen LogP contribution in [0.4, 0.5) is 10.1 Å². The van der Waals surface area contributed by atoms with Crippen molar-refractivity contribution in [3.05, 3.63) is 57.5 Å². The van der Waals surface area contributed by atoms with Crippen LogP contribution in [0.3, 0.4) is 0 Å². The number of aromatic nitrogens is 1. The molecular weight excluding hydrogens is 263 g/mol. The van der Waals surface area contributed by atoms with Crippen molar-refractivity contribution >= 4 is 17.3 Å². The predicted molar refractivity (Wildman–Crippen MR) is 62.4 cm³/mol. The molecule has 18 heavy (non-hydrogen) atoms. The van der Waals surface area contributed by atoms with E-state index in [0.29, 0.717) is 0 Å². The van der Waals surface area contributed by atoms with Crippen molar-refractivity contribution in [2.24, 2.45) is 0 Å². The van der Waals surface area contributed by atoms with E-state index in [4.69, 9.17) is 16.3 Å². The molecule has 1 heterocycles. The number of rotatable bonds is 3. The number of nitro groups is 1. The first-order chi connectivity index (χ1) is 8.58. The summed E-state index contributed by atoms with van der Waals surface area (Å²) in [6.07, 6.45) is 0. The Morgan fingerprint density at radius 2 is 2.00 bits per heavy atom. The van der Waals surface area contributed by atoms with E-state index in [9.17, 15) is 14.5 Å². The van der Waals surface area contributed by atoms with Crippen LogP contribution in [0.25, 0.3) is 0 Å². The first-order valence-electron chi connectivity index (χ1n) is 4.81. The summed E-state index contributed by atoms with van der Waals surface area (Å²) < 4.78 is 18.0. The summed E-state index contributed by atoms with van der Waals surface area (Å²) in [7, 11) is 0. The third kappa shape index (κ3) is 2.54. The third-order valence-corrected chi connectivity index (χ3v) is 2.34. The van der Waals surface area contributed by atoms with Crippen molar-refractivity contribution in [2.45, 2.75) is 0 Å². The van der Waals surface area contributed by atoms with Gasteiger partial charge in [0.2, 0.25) is 17.6 Å². The maximum atomic E-state index is 12.9. The van der Waals surface area contributed by atoms with Gasteiger partial charge in [-0.1, -0.05) is 23.7 Å². The summed E-state index contributed by atoms with van der Waals surface area (Å²) >= 11 is 5.81. The van der Waals surface area contributed by atoms with Gasteiger partial charge in [0.25, 0.3) is 0 Å². The highest BCUT2D eigenvalue weighted by molar-refractivity contribution is 6.32. The first-order valence-corrected chi connectivity index (χ1v) is 5.19. The van der Waals surface area contributed by atoms with E-state index in [1.54, 1.807) is 0 Å². The minimum absolute atomic E-state index is 0.0512. The van der Waals surface area contributed by atoms with Crippen LogP contribution in [0.15, 0.2) is 36.4 Å². The quantitative estimate of drug-likeness (QED) is 0.485. The summed E-state index contributed by atoms with van der Waals surface area (Å²) in [5, 5.41) is 10.9. The minimum atomic E-state index is -0.748. The van der Waals surface area contributed by atoms with Crippen LogP contribution in [-0.4, -0.2) is 9.91 Å². The molecule has 2 rings (SSSR count). The average molecular weight is 269 g/mol. The third-order valence-electron chi connectivity index (χ3n) is 2.04. The van der Waals surface area contributed by atoms with Crippen LogP contribution in [0.5, 0.6) is 11.6 Å². The zero-order valence-corrected chi connectivity index (χ0v) is 9.60. The fourth-order valence-electron chi connectivity index (χ4n) is 1.29. The lowest BCUT2D eigenvalue weighted by atomic mass is 10.3. The van der Waals surface area contributed by atoms with Gasteiger partial charge in [-0.15, -0.1) is 0 Å². The maximum absolute atomic E-state index is 12.9. The van der Waals surface area contributed by atoms with E-state index < -0.39 is 10.9 Å². The van der Waals surface area contributed by atoms with Crippen molar-refractivity contribution in [3.8, 4) is 11.6 Å². The van der Waals surface area contributed by atoms with Crippen molar-refractivity contribution < 1.29 is 14.1 Å². The Hall–Kier alpha value is -2.21. The SMILES string of the molecule is O=[N+]([O-])c1cccc(Cl)c1Oc1cccc(F)n1. The molecule has 0 unspecified atom stereocenters. The summed E-state index contributed by atoms with van der Waals surface area (Å²) in [4.78, 5) is 13.6. The van der Waals surface area contributed by atoms with E-state index in [1.165, 1.54) is 30.3 Å². The van der Waals surface area contributed by atoms with Crippen molar-refractivity contribution in [1.82, 2.24) is 4.98 Å². The Balaban J connectivity index is 2.42. The van der Waals surface area contributed by atoms with Crippen LogP contribution >= 0.6 is 11.6 Å². The molecule has 7 heteroatoms. The molecular formula is C11H6ClFN2O3. The summed E-state index contributed by atoms with van der Waals surface area (Å²) in [6, 6.07) is 7.97. The van der Waals surface area contributed by atoms with Crippen LogP contribution in [-0.2, 0) is 0 Å². The van der Waals surface area contributed by atoms with Crippen molar-refractivity contribution in [1.29, 1.82) is 0 Å². The number of halogens is 2. The van der Waals surface area contributed by atoms with E-state index in [2.05, 4.69) is 4.98 Å². The average Bonchev–Trinajstić information content (AvgIpc) is 2.31. The van der Waals surface area contributed by atoms with E-state index in [0.717, 1.165) is 6.07 Å². The number of hydrogen-bond donors (Lipinski definition) is 0. The second-order valence-corrected chi connectivity index (χ2v) is 3.65. The molecule has 92 valence electrons. The fraction of sp³-hybridized carbons (Fsp3) is 0. The predicted octanol–water partition coefficient (Wildman–Crippen LogP) is 3.57. The van der Waals surface area contributed by atoms with Gasteiger partial charge >= 0.3 is 5.69 Å². The molecule has 0 saturated carbocycles. The Bertz CT molecular complexity index is 607. The number of nitrogens with zero attached hydrogens (tertiary/aromatic N) is 2. The van der Waals surface area contributed by atoms with Gasteiger partial charge in [-0.3, -0.25) is 10.1 Å². The van der Waals surface area contributed by atoms with Crippen LogP contribution in [0, 0.1) is 16.1 Å². The number of pyridine rings is 1. The Morgan fingerprint density at radius 1 is 1.28 bits per heavy atom.